The van der Waals surface area contributed by atoms with Crippen molar-refractivity contribution in [3.8, 4) is 28.3 Å². The van der Waals surface area contributed by atoms with Crippen LogP contribution in [0, 0.1) is 22.7 Å². The molecule has 0 radical (unpaired) electrons. The first-order chi connectivity index (χ1) is 16.4. The summed E-state index contributed by atoms with van der Waals surface area (Å²) in [6.45, 7) is 0.100. The minimum absolute atomic E-state index is 0.0803. The Morgan fingerprint density at radius 3 is 2.74 bits per heavy atom. The Labute approximate surface area is 200 Å². The van der Waals surface area contributed by atoms with Crippen LogP contribution < -0.4 is 11.2 Å². The number of hydrogen-bond donors (Lipinski definition) is 0. The van der Waals surface area contributed by atoms with Crippen LogP contribution in [0.25, 0.3) is 37.2 Å². The van der Waals surface area contributed by atoms with E-state index in [4.69, 9.17) is 16.9 Å². The summed E-state index contributed by atoms with van der Waals surface area (Å²) < 4.78 is 4.39. The lowest BCUT2D eigenvalue weighted by atomic mass is 10.1. The molecule has 0 N–H and O–H groups in total. The molecule has 0 aliphatic rings. The van der Waals surface area contributed by atoms with Crippen molar-refractivity contribution in [3.63, 3.8) is 0 Å². The number of nitriles is 2. The number of aryl methyl sites for hydroxylation is 2. The van der Waals surface area contributed by atoms with Gasteiger partial charge in [0.1, 0.15) is 4.70 Å². The third-order valence-corrected chi connectivity index (χ3v) is 6.88. The highest BCUT2D eigenvalue weighted by atomic mass is 35.5. The van der Waals surface area contributed by atoms with Crippen molar-refractivity contribution in [1.29, 1.82) is 10.5 Å². The Morgan fingerprint density at radius 1 is 1.15 bits per heavy atom. The number of thiophene rings is 1. The normalized spacial score (nSPS) is 11.1. The molecule has 5 rings (SSSR count). The number of fused-ring (bicyclic) bond motifs is 2. The third kappa shape index (κ3) is 3.28. The van der Waals surface area contributed by atoms with Gasteiger partial charge in [0.2, 0.25) is 0 Å². The van der Waals surface area contributed by atoms with Gasteiger partial charge in [-0.2, -0.15) is 15.6 Å². The molecule has 1 aromatic carbocycles. The lowest BCUT2D eigenvalue weighted by molar-refractivity contribution is 0.662. The van der Waals surface area contributed by atoms with E-state index < -0.39 is 11.2 Å². The van der Waals surface area contributed by atoms with E-state index >= 15 is 0 Å². The zero-order valence-corrected chi connectivity index (χ0v) is 19.3. The number of halogens is 1. The number of aromatic nitrogens is 5. The van der Waals surface area contributed by atoms with Crippen LogP contribution in [0.15, 0.2) is 52.4 Å². The molecule has 0 saturated carbocycles. The molecule has 5 aromatic rings. The summed E-state index contributed by atoms with van der Waals surface area (Å²) in [6.07, 6.45) is 4.75. The van der Waals surface area contributed by atoms with Gasteiger partial charge in [-0.25, -0.2) is 9.36 Å². The fraction of sp³-hybridized carbons (Fsp3) is 0.130. The molecule has 166 valence electrons. The smallest absolute Gasteiger partial charge is 0.291 e. The van der Waals surface area contributed by atoms with E-state index in [2.05, 4.69) is 22.2 Å². The second-order valence-electron chi connectivity index (χ2n) is 7.47. The van der Waals surface area contributed by atoms with Gasteiger partial charge < -0.3 is 0 Å². The third-order valence-electron chi connectivity index (χ3n) is 5.50. The van der Waals surface area contributed by atoms with E-state index in [9.17, 15) is 14.9 Å². The van der Waals surface area contributed by atoms with Crippen LogP contribution in [-0.2, 0) is 13.6 Å². The van der Waals surface area contributed by atoms with Gasteiger partial charge in [0.05, 0.1) is 53.2 Å². The lowest BCUT2D eigenvalue weighted by Gasteiger charge is -2.12. The summed E-state index contributed by atoms with van der Waals surface area (Å²) in [5.41, 5.74) is 1.17. The first-order valence-corrected chi connectivity index (χ1v) is 11.3. The summed E-state index contributed by atoms with van der Waals surface area (Å²) in [7, 11) is 1.72. The first-order valence-electron chi connectivity index (χ1n) is 10.1. The van der Waals surface area contributed by atoms with Crippen LogP contribution in [0.2, 0.25) is 5.02 Å². The molecule has 0 bridgehead atoms. The quantitative estimate of drug-likeness (QED) is 0.381. The zero-order valence-electron chi connectivity index (χ0n) is 17.7. The van der Waals surface area contributed by atoms with E-state index in [0.717, 1.165) is 4.57 Å². The predicted octanol–water partition coefficient (Wildman–Crippen LogP) is 3.60. The molecule has 9 nitrogen and oxygen atoms in total. The van der Waals surface area contributed by atoms with Crippen molar-refractivity contribution in [2.24, 2.45) is 7.05 Å². The molecule has 0 aliphatic carbocycles. The molecule has 0 unspecified atom stereocenters. The Balaban J connectivity index is 1.87. The molecule has 0 aliphatic heterocycles. The molecule has 0 atom stereocenters. The van der Waals surface area contributed by atoms with Crippen molar-refractivity contribution < 1.29 is 0 Å². The SMILES string of the molecule is Cn1ncc2cncc(-n3c(=O)c4sc(-c5ccc(Cl)cc5C#N)cc4n(CCC#N)c3=O)c21. The molecule has 0 spiro atoms. The monoisotopic (exact) mass is 487 g/mol. The molecular formula is C23H14ClN7O2S. The molecular weight excluding hydrogens is 474 g/mol. The predicted molar refractivity (Wildman–Crippen MR) is 129 cm³/mol. The lowest BCUT2D eigenvalue weighted by Crippen LogP contribution is -2.38. The van der Waals surface area contributed by atoms with Crippen molar-refractivity contribution in [2.45, 2.75) is 13.0 Å². The van der Waals surface area contributed by atoms with Crippen molar-refractivity contribution in [3.05, 3.63) is 74.3 Å². The van der Waals surface area contributed by atoms with Gasteiger partial charge in [0.15, 0.2) is 0 Å². The summed E-state index contributed by atoms with van der Waals surface area (Å²) in [6, 6.07) is 10.8. The van der Waals surface area contributed by atoms with Crippen LogP contribution in [-0.4, -0.2) is 23.9 Å². The fourth-order valence-corrected chi connectivity index (χ4v) is 5.27. The number of hydrogen-bond acceptors (Lipinski definition) is 7. The first kappa shape index (κ1) is 21.6. The van der Waals surface area contributed by atoms with Crippen molar-refractivity contribution >= 4 is 44.1 Å². The topological polar surface area (TPSA) is 122 Å². The Morgan fingerprint density at radius 2 is 1.97 bits per heavy atom. The van der Waals surface area contributed by atoms with Crippen LogP contribution >= 0.6 is 22.9 Å². The summed E-state index contributed by atoms with van der Waals surface area (Å²) >= 11 is 7.22. The molecule has 0 saturated heterocycles. The van der Waals surface area contributed by atoms with E-state index in [1.807, 2.05) is 0 Å². The van der Waals surface area contributed by atoms with Gasteiger partial charge in [0, 0.05) is 40.6 Å². The molecule has 34 heavy (non-hydrogen) atoms. The fourth-order valence-electron chi connectivity index (χ4n) is 3.97. The second-order valence-corrected chi connectivity index (χ2v) is 8.96. The van der Waals surface area contributed by atoms with Crippen molar-refractivity contribution in [2.75, 3.05) is 0 Å². The highest BCUT2D eigenvalue weighted by molar-refractivity contribution is 7.22. The highest BCUT2D eigenvalue weighted by Gasteiger charge is 2.21. The zero-order chi connectivity index (χ0) is 24.0. The average Bonchev–Trinajstić information content (AvgIpc) is 3.44. The number of pyridine rings is 1. The van der Waals surface area contributed by atoms with Gasteiger partial charge >= 0.3 is 5.69 Å². The molecule has 0 fully saturated rings. The number of benzene rings is 1. The number of nitrogens with zero attached hydrogens (tertiary/aromatic N) is 7. The van der Waals surface area contributed by atoms with Crippen LogP contribution in [0.3, 0.4) is 0 Å². The second kappa shape index (κ2) is 8.27. The average molecular weight is 488 g/mol. The molecule has 0 amide bonds. The van der Waals surface area contributed by atoms with E-state index in [0.29, 0.717) is 47.8 Å². The highest BCUT2D eigenvalue weighted by Crippen LogP contribution is 2.34. The summed E-state index contributed by atoms with van der Waals surface area (Å²) in [4.78, 5) is 32.1. The molecule has 11 heteroatoms. The minimum Gasteiger partial charge on any atom is -0.291 e. The van der Waals surface area contributed by atoms with Crippen LogP contribution in [0.5, 0.6) is 0 Å². The Kier molecular flexibility index (Phi) is 5.25. The summed E-state index contributed by atoms with van der Waals surface area (Å²) in [5.74, 6) is 0. The van der Waals surface area contributed by atoms with Gasteiger partial charge in [-0.3, -0.25) is 19.0 Å². The van der Waals surface area contributed by atoms with Gasteiger partial charge in [-0.15, -0.1) is 11.3 Å². The molecule has 4 aromatic heterocycles. The van der Waals surface area contributed by atoms with E-state index in [1.54, 1.807) is 48.4 Å². The largest absolute Gasteiger partial charge is 0.336 e. The van der Waals surface area contributed by atoms with Gasteiger partial charge in [-0.1, -0.05) is 17.7 Å². The van der Waals surface area contributed by atoms with Crippen molar-refractivity contribution in [1.82, 2.24) is 23.9 Å². The number of rotatable bonds is 4. The summed E-state index contributed by atoms with van der Waals surface area (Å²) in [5, 5.41) is 24.0. The van der Waals surface area contributed by atoms with Crippen LogP contribution in [0.1, 0.15) is 12.0 Å². The Bertz CT molecular complexity index is 1810. The Hall–Kier alpha value is -4.25. The van der Waals surface area contributed by atoms with Gasteiger partial charge in [-0.05, 0) is 18.2 Å². The maximum atomic E-state index is 13.7. The van der Waals surface area contributed by atoms with E-state index in [-0.39, 0.29) is 13.0 Å². The van der Waals surface area contributed by atoms with Crippen LogP contribution in [0.4, 0.5) is 0 Å². The minimum atomic E-state index is -0.579. The van der Waals surface area contributed by atoms with Gasteiger partial charge in [0.25, 0.3) is 5.56 Å². The maximum absolute atomic E-state index is 13.7. The van der Waals surface area contributed by atoms with E-state index in [1.165, 1.54) is 22.1 Å². The maximum Gasteiger partial charge on any atom is 0.336 e. The molecule has 4 heterocycles. The standard InChI is InChI=1S/C23H14ClN7O2S/c1-29-20-14(11-28-29)10-27-12-18(20)31-22(32)21-17(30(23(31)33)6-2-5-25)8-19(34-21)16-4-3-15(24)7-13(16)9-26/h3-4,7-8,10-12H,2,6H2,1H3.